The van der Waals surface area contributed by atoms with Gasteiger partial charge in [0, 0.05) is 5.56 Å². The van der Waals surface area contributed by atoms with E-state index in [1.54, 1.807) is 18.2 Å². The third-order valence-corrected chi connectivity index (χ3v) is 2.92. The average molecular weight is 321 g/mol. The topological polar surface area (TPSA) is 64.6 Å². The highest BCUT2D eigenvalue weighted by molar-refractivity contribution is 6.08. The largest absolute Gasteiger partial charge is 0.465 e. The van der Waals surface area contributed by atoms with Crippen molar-refractivity contribution in [3.8, 4) is 5.75 Å². The van der Waals surface area contributed by atoms with Crippen molar-refractivity contribution >= 4 is 17.6 Å². The highest BCUT2D eigenvalue weighted by atomic mass is 19.3. The Morgan fingerprint density at radius 1 is 1.04 bits per heavy atom. The molecular formula is C16H13F2NO4. The van der Waals surface area contributed by atoms with Crippen LogP contribution in [0.2, 0.25) is 0 Å². The Labute approximate surface area is 130 Å². The van der Waals surface area contributed by atoms with Crippen LogP contribution in [-0.2, 0) is 4.74 Å². The van der Waals surface area contributed by atoms with Crippen molar-refractivity contribution in [2.24, 2.45) is 0 Å². The van der Waals surface area contributed by atoms with Crippen LogP contribution in [0.1, 0.15) is 20.7 Å². The molecule has 0 heterocycles. The molecule has 0 unspecified atom stereocenters. The number of benzene rings is 2. The normalized spacial score (nSPS) is 10.3. The van der Waals surface area contributed by atoms with Crippen LogP contribution in [0.15, 0.2) is 48.5 Å². The van der Waals surface area contributed by atoms with Crippen LogP contribution in [-0.4, -0.2) is 25.6 Å². The second kappa shape index (κ2) is 7.35. The summed E-state index contributed by atoms with van der Waals surface area (Å²) in [5, 5.41) is 2.57. The second-order valence-corrected chi connectivity index (χ2v) is 4.39. The molecule has 0 saturated heterocycles. The number of carbonyl (C=O) groups excluding carboxylic acids is 2. The molecule has 1 amide bonds. The van der Waals surface area contributed by atoms with Gasteiger partial charge < -0.3 is 14.8 Å². The summed E-state index contributed by atoms with van der Waals surface area (Å²) in [5.41, 5.74) is 0.726. The van der Waals surface area contributed by atoms with E-state index in [9.17, 15) is 18.4 Å². The number of para-hydroxylation sites is 1. The van der Waals surface area contributed by atoms with Gasteiger partial charge in [-0.15, -0.1) is 0 Å². The van der Waals surface area contributed by atoms with E-state index in [0.29, 0.717) is 0 Å². The lowest BCUT2D eigenvalue weighted by Gasteiger charge is -2.10. The van der Waals surface area contributed by atoms with Gasteiger partial charge in [0.15, 0.2) is 0 Å². The summed E-state index contributed by atoms with van der Waals surface area (Å²) in [4.78, 5) is 23.8. The van der Waals surface area contributed by atoms with Crippen molar-refractivity contribution in [1.29, 1.82) is 0 Å². The van der Waals surface area contributed by atoms with Crippen LogP contribution >= 0.6 is 0 Å². The number of carbonyl (C=O) groups is 2. The lowest BCUT2D eigenvalue weighted by Crippen LogP contribution is -2.15. The van der Waals surface area contributed by atoms with Crippen molar-refractivity contribution < 1.29 is 27.8 Å². The van der Waals surface area contributed by atoms with Crippen LogP contribution in [0.4, 0.5) is 14.5 Å². The minimum absolute atomic E-state index is 0.0495. The number of hydrogen-bond donors (Lipinski definition) is 1. The van der Waals surface area contributed by atoms with Crippen molar-refractivity contribution in [2.75, 3.05) is 12.4 Å². The highest BCUT2D eigenvalue weighted by Crippen LogP contribution is 2.19. The van der Waals surface area contributed by atoms with Gasteiger partial charge in [0.1, 0.15) is 5.75 Å². The number of halogens is 2. The molecule has 0 saturated carbocycles. The number of hydrogen-bond acceptors (Lipinski definition) is 4. The van der Waals surface area contributed by atoms with E-state index in [1.165, 1.54) is 37.4 Å². The number of amides is 1. The number of ether oxygens (including phenoxy) is 2. The van der Waals surface area contributed by atoms with Gasteiger partial charge in [-0.1, -0.05) is 12.1 Å². The Hall–Kier alpha value is -2.96. The molecule has 2 aromatic rings. The van der Waals surface area contributed by atoms with Gasteiger partial charge in [-0.05, 0) is 36.4 Å². The maximum Gasteiger partial charge on any atom is 0.387 e. The van der Waals surface area contributed by atoms with E-state index in [0.717, 1.165) is 0 Å². The van der Waals surface area contributed by atoms with E-state index >= 15 is 0 Å². The van der Waals surface area contributed by atoms with Crippen LogP contribution in [0.5, 0.6) is 5.75 Å². The van der Waals surface area contributed by atoms with E-state index in [1.807, 2.05) is 0 Å². The molecule has 2 aromatic carbocycles. The predicted molar refractivity (Wildman–Crippen MR) is 78.8 cm³/mol. The number of methoxy groups -OCH3 is 1. The molecule has 0 aliphatic heterocycles. The summed E-state index contributed by atoms with van der Waals surface area (Å²) < 4.78 is 33.0. The first kappa shape index (κ1) is 16.4. The van der Waals surface area contributed by atoms with Gasteiger partial charge in [0.2, 0.25) is 0 Å². The maximum absolute atomic E-state index is 12.2. The molecule has 0 aliphatic carbocycles. The monoisotopic (exact) mass is 321 g/mol. The zero-order chi connectivity index (χ0) is 16.8. The van der Waals surface area contributed by atoms with Gasteiger partial charge in [-0.2, -0.15) is 8.78 Å². The van der Waals surface area contributed by atoms with Crippen molar-refractivity contribution in [3.05, 3.63) is 59.7 Å². The molecule has 0 atom stereocenters. The Kier molecular flexibility index (Phi) is 5.24. The molecule has 0 spiro atoms. The summed E-state index contributed by atoms with van der Waals surface area (Å²) in [5.74, 6) is -1.13. The smallest absolute Gasteiger partial charge is 0.387 e. The molecule has 0 aromatic heterocycles. The van der Waals surface area contributed by atoms with Crippen LogP contribution in [0.25, 0.3) is 0 Å². The predicted octanol–water partition coefficient (Wildman–Crippen LogP) is 3.33. The van der Waals surface area contributed by atoms with Gasteiger partial charge >= 0.3 is 12.6 Å². The number of rotatable bonds is 5. The second-order valence-electron chi connectivity index (χ2n) is 4.39. The molecule has 5 nitrogen and oxygen atoms in total. The van der Waals surface area contributed by atoms with E-state index in [-0.39, 0.29) is 22.6 Å². The molecule has 120 valence electrons. The Bertz CT molecular complexity index is 701. The lowest BCUT2D eigenvalue weighted by molar-refractivity contribution is -0.0498. The highest BCUT2D eigenvalue weighted by Gasteiger charge is 2.14. The van der Waals surface area contributed by atoms with E-state index < -0.39 is 18.5 Å². The molecule has 2 rings (SSSR count). The number of alkyl halides is 2. The lowest BCUT2D eigenvalue weighted by atomic mass is 10.1. The maximum atomic E-state index is 12.2. The molecule has 23 heavy (non-hydrogen) atoms. The SMILES string of the molecule is COC(=O)c1ccccc1NC(=O)c1ccc(OC(F)F)cc1. The molecule has 7 heteroatoms. The molecule has 0 aliphatic rings. The van der Waals surface area contributed by atoms with Crippen molar-refractivity contribution in [3.63, 3.8) is 0 Å². The van der Waals surface area contributed by atoms with Crippen LogP contribution in [0.3, 0.4) is 0 Å². The Balaban J connectivity index is 2.15. The summed E-state index contributed by atoms with van der Waals surface area (Å²) in [7, 11) is 1.24. The standard InChI is InChI=1S/C16H13F2NO4/c1-22-15(21)12-4-2-3-5-13(12)19-14(20)10-6-8-11(9-7-10)23-16(17)18/h2-9,16H,1H3,(H,19,20). The first-order chi connectivity index (χ1) is 11.0. The van der Waals surface area contributed by atoms with Crippen molar-refractivity contribution in [1.82, 2.24) is 0 Å². The van der Waals surface area contributed by atoms with Gasteiger partial charge in [0.05, 0.1) is 18.4 Å². The zero-order valence-corrected chi connectivity index (χ0v) is 12.1. The van der Waals surface area contributed by atoms with E-state index in [4.69, 9.17) is 0 Å². The van der Waals surface area contributed by atoms with Crippen molar-refractivity contribution in [2.45, 2.75) is 6.61 Å². The van der Waals surface area contributed by atoms with Crippen LogP contribution in [0, 0.1) is 0 Å². The van der Waals surface area contributed by atoms with Gasteiger partial charge in [-0.3, -0.25) is 4.79 Å². The Morgan fingerprint density at radius 3 is 2.30 bits per heavy atom. The first-order valence-electron chi connectivity index (χ1n) is 6.55. The molecule has 0 fully saturated rings. The van der Waals surface area contributed by atoms with Gasteiger partial charge in [-0.25, -0.2) is 4.79 Å². The molecule has 0 bridgehead atoms. The molecule has 1 N–H and O–H groups in total. The summed E-state index contributed by atoms with van der Waals surface area (Å²) in [6.45, 7) is -2.93. The number of nitrogens with one attached hydrogen (secondary N) is 1. The summed E-state index contributed by atoms with van der Waals surface area (Å²) >= 11 is 0. The summed E-state index contributed by atoms with van der Waals surface area (Å²) in [6, 6.07) is 11.6. The quantitative estimate of drug-likeness (QED) is 0.858. The number of anilines is 1. The summed E-state index contributed by atoms with van der Waals surface area (Å²) in [6.07, 6.45) is 0. The average Bonchev–Trinajstić information content (AvgIpc) is 2.54. The number of esters is 1. The fourth-order valence-corrected chi connectivity index (χ4v) is 1.86. The molecule has 0 radical (unpaired) electrons. The fourth-order valence-electron chi connectivity index (χ4n) is 1.86. The minimum Gasteiger partial charge on any atom is -0.465 e. The van der Waals surface area contributed by atoms with Gasteiger partial charge in [0.25, 0.3) is 5.91 Å². The van der Waals surface area contributed by atoms with Crippen LogP contribution < -0.4 is 10.1 Å². The Morgan fingerprint density at radius 2 is 1.70 bits per heavy atom. The van der Waals surface area contributed by atoms with E-state index in [2.05, 4.69) is 14.8 Å². The zero-order valence-electron chi connectivity index (χ0n) is 12.1. The third-order valence-electron chi connectivity index (χ3n) is 2.92. The third kappa shape index (κ3) is 4.26. The minimum atomic E-state index is -2.93. The fraction of sp³-hybridized carbons (Fsp3) is 0.125. The molecular weight excluding hydrogens is 308 g/mol. The first-order valence-corrected chi connectivity index (χ1v) is 6.55.